The van der Waals surface area contributed by atoms with Crippen molar-refractivity contribution in [2.45, 2.75) is 20.3 Å². The van der Waals surface area contributed by atoms with Crippen LogP contribution in [0.2, 0.25) is 0 Å². The second-order valence-electron chi connectivity index (χ2n) is 3.69. The van der Waals surface area contributed by atoms with Crippen LogP contribution >= 0.6 is 0 Å². The Kier molecular flexibility index (Phi) is 4.55. The lowest BCUT2D eigenvalue weighted by atomic mass is 10.1. The third-order valence-electron chi connectivity index (χ3n) is 2.38. The molecule has 1 aliphatic heterocycles. The molecule has 0 bridgehead atoms. The average molecular weight is 214 g/mol. The Labute approximate surface area is 89.8 Å². The van der Waals surface area contributed by atoms with Crippen molar-refractivity contribution >= 4 is 11.9 Å². The van der Waals surface area contributed by atoms with Crippen LogP contribution in [-0.2, 0) is 9.53 Å². The number of nitrogens with one attached hydrogen (secondary N) is 1. The zero-order valence-electron chi connectivity index (χ0n) is 9.28. The van der Waals surface area contributed by atoms with Gasteiger partial charge in [0, 0.05) is 26.3 Å². The van der Waals surface area contributed by atoms with E-state index in [4.69, 9.17) is 4.74 Å². The molecule has 15 heavy (non-hydrogen) atoms. The van der Waals surface area contributed by atoms with Crippen molar-refractivity contribution in [2.24, 2.45) is 5.92 Å². The first-order valence-electron chi connectivity index (χ1n) is 5.32. The number of ether oxygens (including phenoxy) is 1. The summed E-state index contributed by atoms with van der Waals surface area (Å²) < 4.78 is 5.18. The fourth-order valence-corrected chi connectivity index (χ4v) is 1.50. The molecule has 3 amide bonds. The molecule has 5 nitrogen and oxygen atoms in total. The topological polar surface area (TPSA) is 58.6 Å². The summed E-state index contributed by atoms with van der Waals surface area (Å²) in [5, 5.41) is 2.33. The first-order chi connectivity index (χ1) is 7.15. The first-order valence-corrected chi connectivity index (χ1v) is 5.32. The largest absolute Gasteiger partial charge is 0.382 e. The minimum absolute atomic E-state index is 0.116. The second-order valence-corrected chi connectivity index (χ2v) is 3.69. The Bertz CT molecular complexity index is 243. The predicted molar refractivity (Wildman–Crippen MR) is 55.4 cm³/mol. The molecule has 1 saturated heterocycles. The monoisotopic (exact) mass is 214 g/mol. The molecule has 0 aliphatic carbocycles. The number of rotatable bonds is 5. The van der Waals surface area contributed by atoms with Crippen LogP contribution in [0.25, 0.3) is 0 Å². The van der Waals surface area contributed by atoms with Crippen molar-refractivity contribution in [1.29, 1.82) is 0 Å². The second kappa shape index (κ2) is 5.70. The van der Waals surface area contributed by atoms with E-state index < -0.39 is 0 Å². The smallest absolute Gasteiger partial charge is 0.324 e. The fraction of sp³-hybridized carbons (Fsp3) is 0.800. The summed E-state index contributed by atoms with van der Waals surface area (Å²) in [5.74, 6) is -0.296. The predicted octanol–water partition coefficient (Wildman–Crippen LogP) is 0.601. The van der Waals surface area contributed by atoms with Gasteiger partial charge in [0.25, 0.3) is 0 Å². The van der Waals surface area contributed by atoms with Gasteiger partial charge in [0.05, 0.1) is 5.92 Å². The van der Waals surface area contributed by atoms with Crippen molar-refractivity contribution in [1.82, 2.24) is 10.2 Å². The van der Waals surface area contributed by atoms with Crippen LogP contribution < -0.4 is 5.32 Å². The van der Waals surface area contributed by atoms with Crippen LogP contribution in [0.15, 0.2) is 0 Å². The van der Waals surface area contributed by atoms with Crippen molar-refractivity contribution in [3.63, 3.8) is 0 Å². The van der Waals surface area contributed by atoms with E-state index in [1.165, 1.54) is 0 Å². The Morgan fingerprint density at radius 3 is 2.93 bits per heavy atom. The van der Waals surface area contributed by atoms with E-state index in [1.54, 1.807) is 4.90 Å². The molecule has 0 saturated carbocycles. The molecule has 0 aromatic rings. The molecule has 1 N–H and O–H groups in total. The fourth-order valence-electron chi connectivity index (χ4n) is 1.50. The lowest BCUT2D eigenvalue weighted by Gasteiger charge is -2.30. The number of hydrogen-bond acceptors (Lipinski definition) is 3. The molecular formula is C10H18N2O3. The van der Waals surface area contributed by atoms with Gasteiger partial charge in [0.2, 0.25) is 5.91 Å². The Hall–Kier alpha value is -1.10. The van der Waals surface area contributed by atoms with E-state index in [-0.39, 0.29) is 17.9 Å². The molecule has 5 heteroatoms. The highest BCUT2D eigenvalue weighted by Gasteiger charge is 2.28. The molecule has 0 spiro atoms. The summed E-state index contributed by atoms with van der Waals surface area (Å²) in [6.07, 6.45) is 0.808. The van der Waals surface area contributed by atoms with Crippen molar-refractivity contribution in [2.75, 3.05) is 26.3 Å². The van der Waals surface area contributed by atoms with Gasteiger partial charge >= 0.3 is 6.03 Å². The van der Waals surface area contributed by atoms with Gasteiger partial charge in [0.1, 0.15) is 0 Å². The number of carbonyl (C=O) groups is 2. The van der Waals surface area contributed by atoms with Gasteiger partial charge in [-0.15, -0.1) is 0 Å². The maximum absolute atomic E-state index is 11.4. The first kappa shape index (κ1) is 12.0. The zero-order valence-corrected chi connectivity index (χ0v) is 9.28. The normalized spacial score (nSPS) is 21.7. The van der Waals surface area contributed by atoms with Crippen LogP contribution in [-0.4, -0.2) is 43.1 Å². The molecule has 1 atom stereocenters. The summed E-state index contributed by atoms with van der Waals surface area (Å²) in [5.41, 5.74) is 0. The molecule has 1 unspecified atom stereocenters. The Morgan fingerprint density at radius 2 is 2.27 bits per heavy atom. The number of carbonyl (C=O) groups excluding carboxylic acids is 2. The molecule has 0 aromatic carbocycles. The number of amides is 3. The summed E-state index contributed by atoms with van der Waals surface area (Å²) in [4.78, 5) is 24.2. The van der Waals surface area contributed by atoms with Gasteiger partial charge in [0.15, 0.2) is 0 Å². The standard InChI is InChI=1S/C10H18N2O3/c1-3-15-6-4-5-12-7-8(2)9(13)11-10(12)14/h8H,3-7H2,1-2H3,(H,11,13,14). The number of hydrogen-bond donors (Lipinski definition) is 1. The Balaban J connectivity index is 2.28. The molecule has 86 valence electrons. The van der Waals surface area contributed by atoms with Gasteiger partial charge in [-0.2, -0.15) is 0 Å². The zero-order chi connectivity index (χ0) is 11.3. The summed E-state index contributed by atoms with van der Waals surface area (Å²) in [6.45, 7) is 6.26. The van der Waals surface area contributed by atoms with E-state index in [9.17, 15) is 9.59 Å². The molecular weight excluding hydrogens is 196 g/mol. The van der Waals surface area contributed by atoms with Gasteiger partial charge < -0.3 is 9.64 Å². The summed E-state index contributed by atoms with van der Waals surface area (Å²) in [6, 6.07) is -0.283. The van der Waals surface area contributed by atoms with Crippen LogP contribution in [0, 0.1) is 5.92 Å². The summed E-state index contributed by atoms with van der Waals surface area (Å²) >= 11 is 0. The minimum Gasteiger partial charge on any atom is -0.382 e. The average Bonchev–Trinajstić information content (AvgIpc) is 2.20. The van der Waals surface area contributed by atoms with Crippen molar-refractivity contribution in [3.05, 3.63) is 0 Å². The van der Waals surface area contributed by atoms with E-state index in [1.807, 2.05) is 13.8 Å². The van der Waals surface area contributed by atoms with E-state index in [2.05, 4.69) is 5.32 Å². The lowest BCUT2D eigenvalue weighted by molar-refractivity contribution is -0.125. The van der Waals surface area contributed by atoms with Gasteiger partial charge in [-0.3, -0.25) is 10.1 Å². The van der Waals surface area contributed by atoms with E-state index >= 15 is 0 Å². The maximum atomic E-state index is 11.4. The quantitative estimate of drug-likeness (QED) is 0.682. The lowest BCUT2D eigenvalue weighted by Crippen LogP contribution is -2.53. The number of nitrogens with zero attached hydrogens (tertiary/aromatic N) is 1. The van der Waals surface area contributed by atoms with Crippen LogP contribution in [0.1, 0.15) is 20.3 Å². The van der Waals surface area contributed by atoms with Gasteiger partial charge in [-0.05, 0) is 13.3 Å². The van der Waals surface area contributed by atoms with Crippen molar-refractivity contribution < 1.29 is 14.3 Å². The summed E-state index contributed by atoms with van der Waals surface area (Å²) in [7, 11) is 0. The number of imide groups is 1. The highest BCUT2D eigenvalue weighted by atomic mass is 16.5. The molecule has 1 heterocycles. The van der Waals surface area contributed by atoms with Crippen molar-refractivity contribution in [3.8, 4) is 0 Å². The highest BCUT2D eigenvalue weighted by Crippen LogP contribution is 2.07. The van der Waals surface area contributed by atoms with Gasteiger partial charge in [-0.1, -0.05) is 6.92 Å². The highest BCUT2D eigenvalue weighted by molar-refractivity contribution is 5.97. The molecule has 1 rings (SSSR count). The third kappa shape index (κ3) is 3.51. The maximum Gasteiger partial charge on any atom is 0.324 e. The molecule has 0 aromatic heterocycles. The minimum atomic E-state index is -0.283. The third-order valence-corrected chi connectivity index (χ3v) is 2.38. The number of urea groups is 1. The molecule has 0 radical (unpaired) electrons. The van der Waals surface area contributed by atoms with E-state index in [0.29, 0.717) is 26.3 Å². The van der Waals surface area contributed by atoms with Crippen LogP contribution in [0.4, 0.5) is 4.79 Å². The molecule has 1 aliphatic rings. The van der Waals surface area contributed by atoms with Gasteiger partial charge in [-0.25, -0.2) is 4.79 Å². The van der Waals surface area contributed by atoms with Crippen LogP contribution in [0.5, 0.6) is 0 Å². The molecule has 1 fully saturated rings. The Morgan fingerprint density at radius 1 is 1.53 bits per heavy atom. The van der Waals surface area contributed by atoms with E-state index in [0.717, 1.165) is 6.42 Å². The van der Waals surface area contributed by atoms with Crippen LogP contribution in [0.3, 0.4) is 0 Å². The SMILES string of the molecule is CCOCCCN1CC(C)C(=O)NC1=O.